The minimum Gasteiger partial charge on any atom is -0.493 e. The number of hydrogen-bond donors (Lipinski definition) is 1. The number of rotatable bonds is 10. The van der Waals surface area contributed by atoms with Crippen LogP contribution < -0.4 is 19.5 Å². The Labute approximate surface area is 189 Å². The fourth-order valence-corrected chi connectivity index (χ4v) is 4.21. The highest BCUT2D eigenvalue weighted by Gasteiger charge is 2.22. The average Bonchev–Trinajstić information content (AvgIpc) is 2.80. The van der Waals surface area contributed by atoms with E-state index >= 15 is 0 Å². The number of nitrogens with zero attached hydrogens (tertiary/aromatic N) is 1. The first-order valence-corrected chi connectivity index (χ1v) is 11.4. The zero-order valence-corrected chi connectivity index (χ0v) is 20.0. The number of nitrogens with one attached hydrogen (secondary N) is 1. The van der Waals surface area contributed by atoms with Crippen molar-refractivity contribution in [3.05, 3.63) is 53.6 Å². The second-order valence-electron chi connectivity index (χ2n) is 7.27. The summed E-state index contributed by atoms with van der Waals surface area (Å²) in [5.74, 6) is 1.16. The van der Waals surface area contributed by atoms with Crippen LogP contribution in [0, 0.1) is 0 Å². The van der Waals surface area contributed by atoms with Gasteiger partial charge in [-0.1, -0.05) is 12.1 Å². The van der Waals surface area contributed by atoms with Gasteiger partial charge in [-0.15, -0.1) is 0 Å². The largest absolute Gasteiger partial charge is 0.493 e. The Bertz CT molecular complexity index is 1040. The first-order chi connectivity index (χ1) is 15.1. The maximum Gasteiger partial charge on any atom is 0.244 e. The van der Waals surface area contributed by atoms with E-state index < -0.39 is 10.0 Å². The number of hydrogen-bond acceptors (Lipinski definition) is 6. The summed E-state index contributed by atoms with van der Waals surface area (Å²) in [7, 11) is 2.58. The van der Waals surface area contributed by atoms with Crippen LogP contribution in [0.25, 0.3) is 6.08 Å². The number of ether oxygens (including phenoxy) is 3. The maximum absolute atomic E-state index is 12.5. The molecule has 0 saturated heterocycles. The second-order valence-corrected chi connectivity index (χ2v) is 9.27. The lowest BCUT2D eigenvalue weighted by Crippen LogP contribution is -2.33. The molecule has 8 nitrogen and oxygen atoms in total. The van der Waals surface area contributed by atoms with E-state index in [1.165, 1.54) is 31.7 Å². The lowest BCUT2D eigenvalue weighted by molar-refractivity contribution is -0.116. The van der Waals surface area contributed by atoms with Crippen molar-refractivity contribution in [2.45, 2.75) is 31.3 Å². The van der Waals surface area contributed by atoms with Crippen LogP contribution in [0.15, 0.2) is 47.4 Å². The molecule has 0 bridgehead atoms. The van der Waals surface area contributed by atoms with Crippen LogP contribution in [0.3, 0.4) is 0 Å². The highest BCUT2D eigenvalue weighted by atomic mass is 32.2. The molecule has 32 heavy (non-hydrogen) atoms. The molecule has 2 rings (SSSR count). The fraction of sp³-hybridized carbons (Fsp3) is 0.348. The predicted molar refractivity (Wildman–Crippen MR) is 124 cm³/mol. The minimum atomic E-state index is -3.54. The van der Waals surface area contributed by atoms with Gasteiger partial charge in [0.1, 0.15) is 0 Å². The third kappa shape index (κ3) is 6.02. The summed E-state index contributed by atoms with van der Waals surface area (Å²) in [5.41, 5.74) is 1.49. The van der Waals surface area contributed by atoms with Gasteiger partial charge < -0.3 is 19.5 Å². The molecule has 0 aliphatic rings. The van der Waals surface area contributed by atoms with E-state index in [9.17, 15) is 13.2 Å². The van der Waals surface area contributed by atoms with Crippen molar-refractivity contribution in [3.8, 4) is 17.2 Å². The standard InChI is InChI=1S/C23H30N2O6S/c1-16(2)25(3)32(27,28)19-10-7-17(8-11-19)15-24-22(26)12-9-18-13-20(29-4)23(31-6)21(14-18)30-5/h7-14,16H,15H2,1-6H3,(H,24,26)/b12-9+. The van der Waals surface area contributed by atoms with Crippen LogP contribution in [0.2, 0.25) is 0 Å². The highest BCUT2D eigenvalue weighted by Crippen LogP contribution is 2.38. The number of benzene rings is 2. The third-order valence-electron chi connectivity index (χ3n) is 4.91. The molecule has 1 N–H and O–H groups in total. The van der Waals surface area contributed by atoms with Gasteiger partial charge in [-0.05, 0) is 55.3 Å². The van der Waals surface area contributed by atoms with Crippen molar-refractivity contribution in [2.24, 2.45) is 0 Å². The van der Waals surface area contributed by atoms with E-state index in [2.05, 4.69) is 5.32 Å². The molecule has 2 aromatic carbocycles. The Morgan fingerprint density at radius 3 is 2.06 bits per heavy atom. The van der Waals surface area contributed by atoms with E-state index in [0.29, 0.717) is 22.8 Å². The van der Waals surface area contributed by atoms with E-state index in [1.54, 1.807) is 49.5 Å². The zero-order chi connectivity index (χ0) is 23.9. The average molecular weight is 463 g/mol. The summed E-state index contributed by atoms with van der Waals surface area (Å²) in [6.07, 6.45) is 3.04. The van der Waals surface area contributed by atoms with Crippen LogP contribution in [-0.2, 0) is 21.4 Å². The summed E-state index contributed by atoms with van der Waals surface area (Å²) >= 11 is 0. The fourth-order valence-electron chi connectivity index (χ4n) is 2.84. The number of amides is 1. The van der Waals surface area contributed by atoms with Gasteiger partial charge in [0.2, 0.25) is 21.7 Å². The molecule has 2 aromatic rings. The Kier molecular flexibility index (Phi) is 8.68. The molecular formula is C23H30N2O6S. The molecule has 0 saturated carbocycles. The molecule has 0 spiro atoms. The molecule has 0 heterocycles. The summed E-state index contributed by atoms with van der Waals surface area (Å²) in [6, 6.07) is 9.78. The van der Waals surface area contributed by atoms with E-state index in [0.717, 1.165) is 5.56 Å². The SMILES string of the molecule is COc1cc(/C=C/C(=O)NCc2ccc(S(=O)(=O)N(C)C(C)C)cc2)cc(OC)c1OC. The van der Waals surface area contributed by atoms with Gasteiger partial charge in [-0.3, -0.25) is 4.79 Å². The van der Waals surface area contributed by atoms with Crippen LogP contribution in [0.5, 0.6) is 17.2 Å². The van der Waals surface area contributed by atoms with Gasteiger partial charge in [0.25, 0.3) is 0 Å². The van der Waals surface area contributed by atoms with Gasteiger partial charge in [0.05, 0.1) is 26.2 Å². The van der Waals surface area contributed by atoms with Gasteiger partial charge in [0.15, 0.2) is 11.5 Å². The van der Waals surface area contributed by atoms with Crippen molar-refractivity contribution in [3.63, 3.8) is 0 Å². The molecule has 0 radical (unpaired) electrons. The molecule has 174 valence electrons. The van der Waals surface area contributed by atoms with Crippen molar-refractivity contribution >= 4 is 22.0 Å². The van der Waals surface area contributed by atoms with Gasteiger partial charge in [0, 0.05) is 25.7 Å². The van der Waals surface area contributed by atoms with Crippen molar-refractivity contribution in [1.29, 1.82) is 0 Å². The van der Waals surface area contributed by atoms with Gasteiger partial charge in [-0.25, -0.2) is 8.42 Å². The molecule has 0 unspecified atom stereocenters. The van der Waals surface area contributed by atoms with Crippen LogP contribution in [0.4, 0.5) is 0 Å². The maximum atomic E-state index is 12.5. The minimum absolute atomic E-state index is 0.142. The Morgan fingerprint density at radius 2 is 1.59 bits per heavy atom. The number of carbonyl (C=O) groups excluding carboxylic acids is 1. The zero-order valence-electron chi connectivity index (χ0n) is 19.2. The van der Waals surface area contributed by atoms with Crippen LogP contribution in [0.1, 0.15) is 25.0 Å². The first kappa shape index (κ1) is 25.2. The number of methoxy groups -OCH3 is 3. The smallest absolute Gasteiger partial charge is 0.244 e. The number of carbonyl (C=O) groups is 1. The monoisotopic (exact) mass is 462 g/mol. The van der Waals surface area contributed by atoms with Crippen molar-refractivity contribution in [1.82, 2.24) is 9.62 Å². The molecule has 0 aromatic heterocycles. The predicted octanol–water partition coefficient (Wildman–Crippen LogP) is 3.07. The third-order valence-corrected chi connectivity index (χ3v) is 6.96. The summed E-state index contributed by atoms with van der Waals surface area (Å²) in [5, 5.41) is 2.78. The molecule has 0 aliphatic heterocycles. The van der Waals surface area contributed by atoms with Crippen LogP contribution in [-0.4, -0.2) is 53.0 Å². The van der Waals surface area contributed by atoms with Gasteiger partial charge in [-0.2, -0.15) is 4.31 Å². The topological polar surface area (TPSA) is 94.2 Å². The summed E-state index contributed by atoms with van der Waals surface area (Å²) in [6.45, 7) is 3.89. The van der Waals surface area contributed by atoms with Gasteiger partial charge >= 0.3 is 0 Å². The van der Waals surface area contributed by atoms with E-state index in [4.69, 9.17) is 14.2 Å². The van der Waals surface area contributed by atoms with Crippen LogP contribution >= 0.6 is 0 Å². The van der Waals surface area contributed by atoms with Crippen molar-refractivity contribution < 1.29 is 27.4 Å². The normalized spacial score (nSPS) is 11.8. The summed E-state index contributed by atoms with van der Waals surface area (Å²) < 4.78 is 42.3. The quantitative estimate of drug-likeness (QED) is 0.546. The molecule has 0 atom stereocenters. The molecular weight excluding hydrogens is 432 g/mol. The Balaban J connectivity index is 2.04. The van der Waals surface area contributed by atoms with E-state index in [-0.39, 0.29) is 23.4 Å². The molecule has 1 amide bonds. The first-order valence-electron chi connectivity index (χ1n) is 9.97. The Morgan fingerprint density at radius 1 is 1.03 bits per heavy atom. The lowest BCUT2D eigenvalue weighted by Gasteiger charge is -2.21. The second kappa shape index (κ2) is 11.0. The van der Waals surface area contributed by atoms with E-state index in [1.807, 2.05) is 13.8 Å². The molecule has 0 fully saturated rings. The lowest BCUT2D eigenvalue weighted by atomic mass is 10.1. The summed E-state index contributed by atoms with van der Waals surface area (Å²) in [4.78, 5) is 12.4. The molecule has 9 heteroatoms. The number of sulfonamides is 1. The highest BCUT2D eigenvalue weighted by molar-refractivity contribution is 7.89. The molecule has 0 aliphatic carbocycles. The Hall–Kier alpha value is -3.04. The van der Waals surface area contributed by atoms with Crippen molar-refractivity contribution in [2.75, 3.05) is 28.4 Å².